The summed E-state index contributed by atoms with van der Waals surface area (Å²) in [7, 11) is -4.61. The van der Waals surface area contributed by atoms with E-state index in [1.165, 1.54) is 0 Å². The Morgan fingerprint density at radius 3 is 1.55 bits per heavy atom. The molecule has 0 saturated heterocycles. The molecule has 11 heavy (non-hydrogen) atoms. The van der Waals surface area contributed by atoms with E-state index >= 15 is 0 Å². The zero-order valence-electron chi connectivity index (χ0n) is 6.35. The van der Waals surface area contributed by atoms with Crippen LogP contribution in [0.25, 0.3) is 0 Å². The average Bonchev–Trinajstić information content (AvgIpc) is 1.90. The van der Waals surface area contributed by atoms with Crippen LogP contribution in [0.2, 0.25) is 0 Å². The lowest BCUT2D eigenvalue weighted by atomic mass is 10.8. The van der Waals surface area contributed by atoms with Gasteiger partial charge in [0.25, 0.3) is 0 Å². The summed E-state index contributed by atoms with van der Waals surface area (Å²) in [4.78, 5) is 0. The molecule has 0 bridgehead atoms. The standard InChI is InChI=1S/C4H10O.H2O5S/c1-3-5-4-2;1-5-6(2,3)4/h3-4H2,1-2H3;1H,(H,2,3,4). The third kappa shape index (κ3) is 25.9. The van der Waals surface area contributed by atoms with Gasteiger partial charge in [0.15, 0.2) is 0 Å². The van der Waals surface area contributed by atoms with E-state index in [-0.39, 0.29) is 0 Å². The maximum absolute atomic E-state index is 9.08. The van der Waals surface area contributed by atoms with Crippen LogP contribution in [0.3, 0.4) is 0 Å². The first-order valence-corrected chi connectivity index (χ1v) is 4.22. The highest BCUT2D eigenvalue weighted by atomic mass is 32.3. The van der Waals surface area contributed by atoms with Crippen LogP contribution in [0.5, 0.6) is 0 Å². The third-order valence-electron chi connectivity index (χ3n) is 0.502. The van der Waals surface area contributed by atoms with Crippen LogP contribution in [0.4, 0.5) is 0 Å². The predicted molar refractivity (Wildman–Crippen MR) is 37.4 cm³/mol. The zero-order valence-corrected chi connectivity index (χ0v) is 7.17. The summed E-state index contributed by atoms with van der Waals surface area (Å²) in [6, 6.07) is 0. The fourth-order valence-electron chi connectivity index (χ4n) is 0.204. The molecule has 0 rings (SSSR count). The Morgan fingerprint density at radius 2 is 1.55 bits per heavy atom. The summed E-state index contributed by atoms with van der Waals surface area (Å²) < 4.78 is 32.8. The van der Waals surface area contributed by atoms with Crippen molar-refractivity contribution in [3.8, 4) is 0 Å². The van der Waals surface area contributed by atoms with E-state index in [1.54, 1.807) is 0 Å². The van der Waals surface area contributed by atoms with E-state index < -0.39 is 10.4 Å². The highest BCUT2D eigenvalue weighted by molar-refractivity contribution is 7.80. The van der Waals surface area contributed by atoms with E-state index in [4.69, 9.17) is 23.0 Å². The van der Waals surface area contributed by atoms with Crippen molar-refractivity contribution in [3.63, 3.8) is 0 Å². The minimum Gasteiger partial charge on any atom is -0.382 e. The monoisotopic (exact) mass is 188 g/mol. The second-order valence-electron chi connectivity index (χ2n) is 1.28. The first-order chi connectivity index (χ1) is 4.97. The summed E-state index contributed by atoms with van der Waals surface area (Å²) in [5.41, 5.74) is 0. The highest BCUT2D eigenvalue weighted by Crippen LogP contribution is 1.74. The van der Waals surface area contributed by atoms with Crippen LogP contribution in [0, 0.1) is 0 Å². The van der Waals surface area contributed by atoms with Gasteiger partial charge in [-0.3, -0.25) is 4.55 Å². The molecular weight excluding hydrogens is 176 g/mol. The molecular formula is C4H12O6S. The van der Waals surface area contributed by atoms with Crippen LogP contribution in [-0.4, -0.2) is 31.4 Å². The molecule has 0 aliphatic heterocycles. The molecule has 0 aliphatic carbocycles. The molecule has 0 unspecified atom stereocenters. The van der Waals surface area contributed by atoms with Gasteiger partial charge in [0.2, 0.25) is 0 Å². The number of rotatable bonds is 3. The molecule has 7 heteroatoms. The van der Waals surface area contributed by atoms with E-state index in [0.29, 0.717) is 0 Å². The van der Waals surface area contributed by atoms with Crippen molar-refractivity contribution in [1.29, 1.82) is 0 Å². The molecule has 0 saturated carbocycles. The Balaban J connectivity index is 0. The molecule has 0 fully saturated rings. The first kappa shape index (κ1) is 13.4. The third-order valence-corrected chi connectivity index (χ3v) is 0.691. The van der Waals surface area contributed by atoms with Gasteiger partial charge in [0, 0.05) is 13.2 Å². The Bertz CT molecular complexity index is 148. The second kappa shape index (κ2) is 7.89. The number of hydrogen-bond acceptors (Lipinski definition) is 5. The average molecular weight is 188 g/mol. The smallest absolute Gasteiger partial charge is 0.382 e. The minimum atomic E-state index is -4.61. The summed E-state index contributed by atoms with van der Waals surface area (Å²) in [5, 5.41) is 7.06. The maximum atomic E-state index is 9.08. The van der Waals surface area contributed by atoms with Crippen LogP contribution in [0.1, 0.15) is 13.8 Å². The lowest BCUT2D eigenvalue weighted by molar-refractivity contribution is -0.139. The Kier molecular flexibility index (Phi) is 9.60. The highest BCUT2D eigenvalue weighted by Gasteiger charge is 1.97. The predicted octanol–water partition coefficient (Wildman–Crippen LogP) is 0.322. The summed E-state index contributed by atoms with van der Waals surface area (Å²) in [6.07, 6.45) is 0. The van der Waals surface area contributed by atoms with Crippen molar-refractivity contribution >= 4 is 10.4 Å². The quantitative estimate of drug-likeness (QED) is 0.376. The molecule has 0 aromatic rings. The SMILES string of the molecule is CCOCC.O=S(=O)(O)OO. The normalized spacial score (nSPS) is 10.2. The summed E-state index contributed by atoms with van der Waals surface area (Å²) in [5.74, 6) is 0. The van der Waals surface area contributed by atoms with Gasteiger partial charge in [-0.15, -0.1) is 0 Å². The van der Waals surface area contributed by atoms with Crippen molar-refractivity contribution in [3.05, 3.63) is 0 Å². The topological polar surface area (TPSA) is 93.1 Å². The molecule has 0 spiro atoms. The molecule has 0 radical (unpaired) electrons. The van der Waals surface area contributed by atoms with Gasteiger partial charge < -0.3 is 4.74 Å². The van der Waals surface area contributed by atoms with Crippen molar-refractivity contribution < 1.29 is 27.3 Å². The summed E-state index contributed by atoms with van der Waals surface area (Å²) in [6.45, 7) is 5.67. The molecule has 0 aliphatic rings. The molecule has 0 aromatic carbocycles. The van der Waals surface area contributed by atoms with E-state index in [9.17, 15) is 0 Å². The molecule has 0 amide bonds. The molecule has 2 N–H and O–H groups in total. The van der Waals surface area contributed by atoms with Gasteiger partial charge in [0.05, 0.1) is 0 Å². The Labute approximate surface area is 65.6 Å². The number of ether oxygens (including phenoxy) is 1. The van der Waals surface area contributed by atoms with Crippen molar-refractivity contribution in [1.82, 2.24) is 0 Å². The molecule has 6 nitrogen and oxygen atoms in total. The summed E-state index contributed by atoms with van der Waals surface area (Å²) >= 11 is 0. The molecule has 0 heterocycles. The van der Waals surface area contributed by atoms with Gasteiger partial charge in [-0.2, -0.15) is 8.42 Å². The largest absolute Gasteiger partial charge is 0.423 e. The van der Waals surface area contributed by atoms with Gasteiger partial charge in [0.1, 0.15) is 0 Å². The van der Waals surface area contributed by atoms with Crippen LogP contribution in [0.15, 0.2) is 0 Å². The van der Waals surface area contributed by atoms with Gasteiger partial charge >= 0.3 is 10.4 Å². The van der Waals surface area contributed by atoms with Crippen LogP contribution in [-0.2, 0) is 19.5 Å². The first-order valence-electron chi connectivity index (χ1n) is 2.86. The lowest BCUT2D eigenvalue weighted by Gasteiger charge is -1.86. The Hall–Kier alpha value is -0.210. The molecule has 70 valence electrons. The van der Waals surface area contributed by atoms with Crippen molar-refractivity contribution in [2.24, 2.45) is 0 Å². The number of hydrogen-bond donors (Lipinski definition) is 2. The van der Waals surface area contributed by atoms with E-state index in [0.717, 1.165) is 13.2 Å². The van der Waals surface area contributed by atoms with E-state index in [1.807, 2.05) is 13.8 Å². The Morgan fingerprint density at radius 1 is 1.27 bits per heavy atom. The zero-order chi connectivity index (χ0) is 9.33. The molecule has 0 aromatic heterocycles. The van der Waals surface area contributed by atoms with Crippen molar-refractivity contribution in [2.75, 3.05) is 13.2 Å². The second-order valence-corrected chi connectivity index (χ2v) is 2.29. The lowest BCUT2D eigenvalue weighted by Crippen LogP contribution is -1.97. The van der Waals surface area contributed by atoms with Crippen molar-refractivity contribution in [2.45, 2.75) is 13.8 Å². The van der Waals surface area contributed by atoms with Gasteiger partial charge in [-0.1, -0.05) is 4.33 Å². The van der Waals surface area contributed by atoms with Crippen LogP contribution < -0.4 is 0 Å². The van der Waals surface area contributed by atoms with Gasteiger partial charge in [-0.05, 0) is 13.8 Å². The molecule has 0 atom stereocenters. The van der Waals surface area contributed by atoms with E-state index in [2.05, 4.69) is 4.33 Å². The fraction of sp³-hybridized carbons (Fsp3) is 1.00. The fourth-order valence-corrected chi connectivity index (χ4v) is 0.204. The minimum absolute atomic E-state index is 0.844. The van der Waals surface area contributed by atoms with Gasteiger partial charge in [-0.25, -0.2) is 5.26 Å². The van der Waals surface area contributed by atoms with Crippen LogP contribution >= 0.6 is 0 Å². The maximum Gasteiger partial charge on any atom is 0.423 e.